The van der Waals surface area contributed by atoms with E-state index in [1.54, 1.807) is 0 Å². The summed E-state index contributed by atoms with van der Waals surface area (Å²) in [5.41, 5.74) is 0.141. The number of anilines is 1. The predicted octanol–water partition coefficient (Wildman–Crippen LogP) is 2.03. The number of hydrogen-bond acceptors (Lipinski definition) is 2. The molecule has 0 aliphatic carbocycles. The van der Waals surface area contributed by atoms with Crippen LogP contribution in [0.2, 0.25) is 5.02 Å². The van der Waals surface area contributed by atoms with Gasteiger partial charge >= 0.3 is 0 Å². The van der Waals surface area contributed by atoms with Crippen molar-refractivity contribution in [3.05, 3.63) is 29.0 Å². The number of halogens is 2. The molecule has 0 unspecified atom stereocenters. The normalized spacial score (nSPS) is 10.1. The minimum absolute atomic E-state index is 0.141. The van der Waals surface area contributed by atoms with Crippen molar-refractivity contribution < 1.29 is 9.18 Å². The van der Waals surface area contributed by atoms with Crippen LogP contribution in [0.4, 0.5) is 10.1 Å². The summed E-state index contributed by atoms with van der Waals surface area (Å²) in [6.07, 6.45) is 0. The number of nitrogens with one attached hydrogen (secondary N) is 2. The molecule has 0 spiro atoms. The first-order chi connectivity index (χ1) is 7.13. The summed E-state index contributed by atoms with van der Waals surface area (Å²) in [7, 11) is 0. The second kappa shape index (κ2) is 5.68. The van der Waals surface area contributed by atoms with E-state index in [1.807, 2.05) is 6.92 Å². The molecule has 0 saturated heterocycles. The van der Waals surface area contributed by atoms with Crippen molar-refractivity contribution in [2.24, 2.45) is 0 Å². The summed E-state index contributed by atoms with van der Waals surface area (Å²) in [5.74, 6) is -0.814. The molecule has 2 N–H and O–H groups in total. The molecule has 1 amide bonds. The van der Waals surface area contributed by atoms with E-state index in [-0.39, 0.29) is 18.1 Å². The number of carbonyl (C=O) groups excluding carboxylic acids is 1. The lowest BCUT2D eigenvalue weighted by atomic mass is 10.3. The summed E-state index contributed by atoms with van der Waals surface area (Å²) in [6, 6.07) is 4.11. The minimum atomic E-state index is -0.535. The Morgan fingerprint density at radius 1 is 1.53 bits per heavy atom. The number of rotatable bonds is 4. The molecule has 0 aromatic heterocycles. The first kappa shape index (κ1) is 11.9. The second-order valence-electron chi connectivity index (χ2n) is 2.95. The van der Waals surface area contributed by atoms with Gasteiger partial charge in [0.1, 0.15) is 5.82 Å². The van der Waals surface area contributed by atoms with E-state index >= 15 is 0 Å². The van der Waals surface area contributed by atoms with Crippen LogP contribution in [0.25, 0.3) is 0 Å². The van der Waals surface area contributed by atoms with Gasteiger partial charge in [0.25, 0.3) is 0 Å². The van der Waals surface area contributed by atoms with E-state index in [1.165, 1.54) is 12.1 Å². The van der Waals surface area contributed by atoms with Gasteiger partial charge in [-0.15, -0.1) is 0 Å². The summed E-state index contributed by atoms with van der Waals surface area (Å²) in [6.45, 7) is 2.74. The van der Waals surface area contributed by atoms with Crippen molar-refractivity contribution in [1.29, 1.82) is 0 Å². The Morgan fingerprint density at radius 2 is 2.27 bits per heavy atom. The van der Waals surface area contributed by atoms with Crippen LogP contribution in [0.1, 0.15) is 6.92 Å². The average Bonchev–Trinajstić information content (AvgIpc) is 2.19. The SMILES string of the molecule is CCNCC(=O)Nc1ccc(Cl)cc1F. The van der Waals surface area contributed by atoms with Crippen molar-refractivity contribution >= 4 is 23.2 Å². The van der Waals surface area contributed by atoms with Crippen LogP contribution in [0.3, 0.4) is 0 Å². The Morgan fingerprint density at radius 3 is 2.87 bits per heavy atom. The van der Waals surface area contributed by atoms with Crippen LogP contribution < -0.4 is 10.6 Å². The van der Waals surface area contributed by atoms with E-state index < -0.39 is 5.82 Å². The third-order valence-corrected chi connectivity index (χ3v) is 1.98. The highest BCUT2D eigenvalue weighted by Crippen LogP contribution is 2.18. The molecule has 0 fully saturated rings. The van der Waals surface area contributed by atoms with E-state index in [0.717, 1.165) is 6.07 Å². The highest BCUT2D eigenvalue weighted by molar-refractivity contribution is 6.30. The monoisotopic (exact) mass is 230 g/mol. The van der Waals surface area contributed by atoms with Crippen molar-refractivity contribution in [3.8, 4) is 0 Å². The lowest BCUT2D eigenvalue weighted by Gasteiger charge is -2.06. The van der Waals surface area contributed by atoms with Gasteiger partial charge < -0.3 is 10.6 Å². The number of benzene rings is 1. The number of carbonyl (C=O) groups is 1. The van der Waals surface area contributed by atoms with Gasteiger partial charge in [-0.05, 0) is 24.7 Å². The maximum Gasteiger partial charge on any atom is 0.238 e. The Hall–Kier alpha value is -1.13. The molecule has 0 heterocycles. The average molecular weight is 231 g/mol. The van der Waals surface area contributed by atoms with E-state index in [4.69, 9.17) is 11.6 Å². The molecule has 0 aliphatic heterocycles. The highest BCUT2D eigenvalue weighted by atomic mass is 35.5. The Balaban J connectivity index is 2.60. The van der Waals surface area contributed by atoms with Gasteiger partial charge in [0, 0.05) is 5.02 Å². The van der Waals surface area contributed by atoms with Crippen molar-refractivity contribution in [3.63, 3.8) is 0 Å². The van der Waals surface area contributed by atoms with Crippen molar-refractivity contribution in [2.75, 3.05) is 18.4 Å². The smallest absolute Gasteiger partial charge is 0.238 e. The van der Waals surface area contributed by atoms with Crippen LogP contribution in [0, 0.1) is 5.82 Å². The first-order valence-corrected chi connectivity index (χ1v) is 4.97. The van der Waals surface area contributed by atoms with E-state index in [0.29, 0.717) is 11.6 Å². The quantitative estimate of drug-likeness (QED) is 0.831. The molecule has 0 radical (unpaired) electrons. The molecule has 1 rings (SSSR count). The van der Waals surface area contributed by atoms with Crippen molar-refractivity contribution in [2.45, 2.75) is 6.92 Å². The third kappa shape index (κ3) is 3.85. The summed E-state index contributed by atoms with van der Waals surface area (Å²) in [4.78, 5) is 11.2. The molecule has 15 heavy (non-hydrogen) atoms. The number of likely N-dealkylation sites (N-methyl/N-ethyl adjacent to an activating group) is 1. The molecule has 0 atom stereocenters. The first-order valence-electron chi connectivity index (χ1n) is 4.59. The van der Waals surface area contributed by atoms with Gasteiger partial charge in [0.2, 0.25) is 5.91 Å². The molecule has 1 aromatic rings. The van der Waals surface area contributed by atoms with Gasteiger partial charge in [-0.1, -0.05) is 18.5 Å². The third-order valence-electron chi connectivity index (χ3n) is 1.74. The topological polar surface area (TPSA) is 41.1 Å². The Kier molecular flexibility index (Phi) is 4.52. The van der Waals surface area contributed by atoms with Crippen LogP contribution in [0.5, 0.6) is 0 Å². The molecule has 0 bridgehead atoms. The highest BCUT2D eigenvalue weighted by Gasteiger charge is 2.06. The Bertz CT molecular complexity index is 357. The maximum absolute atomic E-state index is 13.2. The zero-order valence-corrected chi connectivity index (χ0v) is 9.07. The number of amides is 1. The maximum atomic E-state index is 13.2. The zero-order chi connectivity index (χ0) is 11.3. The standard InChI is InChI=1S/C10H12ClFN2O/c1-2-13-6-10(15)14-9-4-3-7(11)5-8(9)12/h3-5,13H,2,6H2,1H3,(H,14,15). The van der Waals surface area contributed by atoms with Crippen molar-refractivity contribution in [1.82, 2.24) is 5.32 Å². The van der Waals surface area contributed by atoms with Gasteiger partial charge in [-0.25, -0.2) is 4.39 Å². The lowest BCUT2D eigenvalue weighted by Crippen LogP contribution is -2.28. The fourth-order valence-corrected chi connectivity index (χ4v) is 1.18. The summed E-state index contributed by atoms with van der Waals surface area (Å²) in [5, 5.41) is 5.58. The Labute approximate surface area is 92.6 Å². The number of hydrogen-bond donors (Lipinski definition) is 2. The summed E-state index contributed by atoms with van der Waals surface area (Å²) >= 11 is 5.57. The molecular formula is C10H12ClFN2O. The van der Waals surface area contributed by atoms with E-state index in [9.17, 15) is 9.18 Å². The van der Waals surface area contributed by atoms with Crippen LogP contribution in [0.15, 0.2) is 18.2 Å². The fourth-order valence-electron chi connectivity index (χ4n) is 1.02. The zero-order valence-electron chi connectivity index (χ0n) is 8.31. The fraction of sp³-hybridized carbons (Fsp3) is 0.300. The van der Waals surface area contributed by atoms with Gasteiger partial charge in [0.15, 0.2) is 0 Å². The molecular weight excluding hydrogens is 219 g/mol. The molecule has 3 nitrogen and oxygen atoms in total. The van der Waals surface area contributed by atoms with Crippen LogP contribution in [-0.2, 0) is 4.79 Å². The van der Waals surface area contributed by atoms with Crippen LogP contribution >= 0.6 is 11.6 Å². The van der Waals surface area contributed by atoms with Gasteiger partial charge in [-0.2, -0.15) is 0 Å². The molecule has 82 valence electrons. The molecule has 5 heteroatoms. The van der Waals surface area contributed by atoms with E-state index in [2.05, 4.69) is 10.6 Å². The minimum Gasteiger partial charge on any atom is -0.322 e. The van der Waals surface area contributed by atoms with Crippen LogP contribution in [-0.4, -0.2) is 19.0 Å². The largest absolute Gasteiger partial charge is 0.322 e. The summed E-state index contributed by atoms with van der Waals surface area (Å²) < 4.78 is 13.2. The molecule has 1 aromatic carbocycles. The van der Waals surface area contributed by atoms with Gasteiger partial charge in [0.05, 0.1) is 12.2 Å². The predicted molar refractivity (Wildman–Crippen MR) is 58.6 cm³/mol. The van der Waals surface area contributed by atoms with Gasteiger partial charge in [-0.3, -0.25) is 4.79 Å². The molecule has 0 aliphatic rings. The molecule has 0 saturated carbocycles. The second-order valence-corrected chi connectivity index (χ2v) is 3.39. The lowest BCUT2D eigenvalue weighted by molar-refractivity contribution is -0.115.